The maximum absolute atomic E-state index is 11.2. The van der Waals surface area contributed by atoms with Crippen LogP contribution < -0.4 is 11.3 Å². The van der Waals surface area contributed by atoms with Gasteiger partial charge in [-0.05, 0) is 17.7 Å². The van der Waals surface area contributed by atoms with Crippen molar-refractivity contribution in [1.29, 1.82) is 0 Å². The predicted molar refractivity (Wildman–Crippen MR) is 71.0 cm³/mol. The summed E-state index contributed by atoms with van der Waals surface area (Å²) in [4.78, 5) is 18.9. The third-order valence-electron chi connectivity index (χ3n) is 2.10. The molecule has 6 heteroatoms. The van der Waals surface area contributed by atoms with Crippen molar-refractivity contribution in [2.24, 2.45) is 5.73 Å². The van der Waals surface area contributed by atoms with Gasteiger partial charge in [0.1, 0.15) is 0 Å². The van der Waals surface area contributed by atoms with Crippen molar-refractivity contribution in [2.75, 3.05) is 0 Å². The van der Waals surface area contributed by atoms with E-state index in [1.807, 2.05) is 18.2 Å². The van der Waals surface area contributed by atoms with Crippen LogP contribution in [0.25, 0.3) is 0 Å². The molecule has 0 spiro atoms. The number of hydrogen-bond donors (Lipinski definition) is 2. The Hall–Kier alpha value is -1.11. The molecule has 1 heterocycles. The summed E-state index contributed by atoms with van der Waals surface area (Å²) in [5.74, 6) is 0. The summed E-state index contributed by atoms with van der Waals surface area (Å²) in [6.45, 7) is 0.451. The highest BCUT2D eigenvalue weighted by molar-refractivity contribution is 9.10. The normalized spacial score (nSPS) is 10.5. The zero-order valence-corrected chi connectivity index (χ0v) is 11.2. The molecule has 0 amide bonds. The minimum atomic E-state index is -0.160. The van der Waals surface area contributed by atoms with Gasteiger partial charge in [-0.1, -0.05) is 33.8 Å². The van der Waals surface area contributed by atoms with Gasteiger partial charge in [0.2, 0.25) is 0 Å². The van der Waals surface area contributed by atoms with E-state index in [0.717, 1.165) is 14.9 Å². The zero-order chi connectivity index (χ0) is 12.3. The van der Waals surface area contributed by atoms with Crippen molar-refractivity contribution in [3.05, 3.63) is 50.9 Å². The Morgan fingerprint density at radius 1 is 1.41 bits per heavy atom. The third-order valence-corrected chi connectivity index (χ3v) is 3.60. The van der Waals surface area contributed by atoms with Gasteiger partial charge in [-0.15, -0.1) is 0 Å². The number of aromatic nitrogens is 2. The van der Waals surface area contributed by atoms with Crippen LogP contribution in [-0.2, 0) is 6.54 Å². The zero-order valence-electron chi connectivity index (χ0n) is 8.81. The summed E-state index contributed by atoms with van der Waals surface area (Å²) in [5.41, 5.74) is 6.52. The molecular formula is C11H10BrN3OS. The molecule has 0 radical (unpaired) electrons. The second-order valence-corrected chi connectivity index (χ2v) is 5.24. The number of benzene rings is 1. The molecule has 88 valence electrons. The first kappa shape index (κ1) is 12.3. The summed E-state index contributed by atoms with van der Waals surface area (Å²) >= 11 is 4.80. The molecule has 0 bridgehead atoms. The molecule has 17 heavy (non-hydrogen) atoms. The van der Waals surface area contributed by atoms with Crippen LogP contribution in [0.4, 0.5) is 0 Å². The minimum absolute atomic E-state index is 0.160. The summed E-state index contributed by atoms with van der Waals surface area (Å²) in [5, 5.41) is 0.560. The molecule has 4 nitrogen and oxygen atoms in total. The van der Waals surface area contributed by atoms with Gasteiger partial charge >= 0.3 is 0 Å². The van der Waals surface area contributed by atoms with Gasteiger partial charge in [-0.2, -0.15) is 0 Å². The number of hydrogen-bond acceptors (Lipinski definition) is 4. The highest BCUT2D eigenvalue weighted by Gasteiger charge is 2.05. The maximum atomic E-state index is 11.2. The number of H-pyrrole nitrogens is 1. The minimum Gasteiger partial charge on any atom is -0.326 e. The Kier molecular flexibility index (Phi) is 3.98. The second-order valence-electron chi connectivity index (χ2n) is 3.30. The Balaban J connectivity index is 2.35. The van der Waals surface area contributed by atoms with Gasteiger partial charge in [-0.25, -0.2) is 4.98 Å². The first-order valence-corrected chi connectivity index (χ1v) is 6.51. The molecule has 0 fully saturated rings. The lowest BCUT2D eigenvalue weighted by molar-refractivity contribution is 0.932. The Morgan fingerprint density at radius 2 is 2.24 bits per heavy atom. The van der Waals surface area contributed by atoms with E-state index in [0.29, 0.717) is 11.7 Å². The topological polar surface area (TPSA) is 71.8 Å². The lowest BCUT2D eigenvalue weighted by Crippen LogP contribution is -2.05. The smallest absolute Gasteiger partial charge is 0.251 e. The van der Waals surface area contributed by atoms with E-state index < -0.39 is 0 Å². The van der Waals surface area contributed by atoms with Crippen LogP contribution in [0.2, 0.25) is 0 Å². The molecule has 1 aromatic heterocycles. The fourth-order valence-corrected chi connectivity index (χ4v) is 2.75. The van der Waals surface area contributed by atoms with E-state index >= 15 is 0 Å². The largest absolute Gasteiger partial charge is 0.326 e. The van der Waals surface area contributed by atoms with Crippen LogP contribution in [-0.4, -0.2) is 9.97 Å². The number of aromatic amines is 1. The van der Waals surface area contributed by atoms with E-state index in [1.165, 1.54) is 24.0 Å². The van der Waals surface area contributed by atoms with E-state index in [2.05, 4.69) is 25.9 Å². The molecule has 0 saturated heterocycles. The van der Waals surface area contributed by atoms with Crippen molar-refractivity contribution in [1.82, 2.24) is 9.97 Å². The predicted octanol–water partition coefficient (Wildman–Crippen LogP) is 2.14. The molecule has 0 aliphatic rings. The van der Waals surface area contributed by atoms with Crippen molar-refractivity contribution in [2.45, 2.75) is 16.6 Å². The number of nitrogens with zero attached hydrogens (tertiary/aromatic N) is 1. The fraction of sp³-hybridized carbons (Fsp3) is 0.0909. The van der Waals surface area contributed by atoms with Crippen molar-refractivity contribution in [3.63, 3.8) is 0 Å². The Labute approximate surface area is 111 Å². The van der Waals surface area contributed by atoms with Gasteiger partial charge < -0.3 is 10.7 Å². The first-order valence-electron chi connectivity index (χ1n) is 4.91. The Morgan fingerprint density at radius 3 is 2.94 bits per heavy atom. The quantitative estimate of drug-likeness (QED) is 0.852. The SMILES string of the molecule is NCc1ccc(Br)cc1Sc1nccc(=O)[nH]1. The van der Waals surface area contributed by atoms with Crippen molar-refractivity contribution in [3.8, 4) is 0 Å². The number of nitrogens with one attached hydrogen (secondary N) is 1. The second kappa shape index (κ2) is 5.48. The summed E-state index contributed by atoms with van der Waals surface area (Å²) < 4.78 is 0.968. The molecule has 3 N–H and O–H groups in total. The molecule has 1 aromatic carbocycles. The average molecular weight is 312 g/mol. The van der Waals surface area contributed by atoms with Crippen molar-refractivity contribution < 1.29 is 0 Å². The van der Waals surface area contributed by atoms with Gasteiger partial charge in [0, 0.05) is 28.2 Å². The molecule has 2 aromatic rings. The maximum Gasteiger partial charge on any atom is 0.251 e. The third kappa shape index (κ3) is 3.18. The standard InChI is InChI=1S/C11H10BrN3OS/c12-8-2-1-7(6-13)9(5-8)17-11-14-4-3-10(16)15-11/h1-5H,6,13H2,(H,14,15,16). The molecule has 0 atom stereocenters. The summed E-state index contributed by atoms with van der Waals surface area (Å²) in [7, 11) is 0. The van der Waals surface area contributed by atoms with E-state index in [1.54, 1.807) is 0 Å². The van der Waals surface area contributed by atoms with Crippen LogP contribution >= 0.6 is 27.7 Å². The van der Waals surface area contributed by atoms with E-state index in [-0.39, 0.29) is 5.56 Å². The molecule has 0 saturated carbocycles. The Bertz CT molecular complexity index is 585. The number of rotatable bonds is 3. The summed E-state index contributed by atoms with van der Waals surface area (Å²) in [6, 6.07) is 7.23. The van der Waals surface area contributed by atoms with Gasteiger partial charge in [-0.3, -0.25) is 4.79 Å². The highest BCUT2D eigenvalue weighted by atomic mass is 79.9. The average Bonchev–Trinajstić information content (AvgIpc) is 2.29. The van der Waals surface area contributed by atoms with Crippen LogP contribution in [0.5, 0.6) is 0 Å². The van der Waals surface area contributed by atoms with Crippen LogP contribution in [0.15, 0.2) is 49.8 Å². The molecule has 0 aliphatic carbocycles. The first-order chi connectivity index (χ1) is 8.19. The fourth-order valence-electron chi connectivity index (χ4n) is 1.30. The summed E-state index contributed by atoms with van der Waals surface area (Å²) in [6.07, 6.45) is 1.49. The van der Waals surface area contributed by atoms with Crippen LogP contribution in [0.3, 0.4) is 0 Å². The van der Waals surface area contributed by atoms with E-state index in [9.17, 15) is 4.79 Å². The lowest BCUT2D eigenvalue weighted by Gasteiger charge is -2.06. The molecule has 0 unspecified atom stereocenters. The van der Waals surface area contributed by atoms with E-state index in [4.69, 9.17) is 5.73 Å². The monoisotopic (exact) mass is 311 g/mol. The number of nitrogens with two attached hydrogens (primary N) is 1. The molecular weight excluding hydrogens is 302 g/mol. The highest BCUT2D eigenvalue weighted by Crippen LogP contribution is 2.29. The number of halogens is 1. The van der Waals surface area contributed by atoms with Crippen molar-refractivity contribution >= 4 is 27.7 Å². The lowest BCUT2D eigenvalue weighted by atomic mass is 10.2. The molecule has 0 aliphatic heterocycles. The molecule has 2 rings (SSSR count). The van der Waals surface area contributed by atoms with Gasteiger partial charge in [0.25, 0.3) is 5.56 Å². The van der Waals surface area contributed by atoms with Gasteiger partial charge in [0.05, 0.1) is 0 Å². The van der Waals surface area contributed by atoms with Crippen LogP contribution in [0.1, 0.15) is 5.56 Å². The van der Waals surface area contributed by atoms with Crippen LogP contribution in [0, 0.1) is 0 Å². The van der Waals surface area contributed by atoms with Gasteiger partial charge in [0.15, 0.2) is 5.16 Å².